The maximum absolute atomic E-state index is 12.5. The molecule has 0 saturated carbocycles. The maximum Gasteiger partial charge on any atom is 0.328 e. The molecule has 0 amide bonds. The van der Waals surface area contributed by atoms with Crippen LogP contribution in [0.1, 0.15) is 5.56 Å². The van der Waals surface area contributed by atoms with E-state index in [-0.39, 0.29) is 11.7 Å². The molecule has 0 aliphatic carbocycles. The van der Waals surface area contributed by atoms with E-state index in [2.05, 4.69) is 5.32 Å². The molecule has 0 bridgehead atoms. The average Bonchev–Trinajstić information content (AvgIpc) is 2.73. The Hall–Kier alpha value is -3.60. The number of phenolic OH excluding ortho intramolecular Hbond substituents is 1. The van der Waals surface area contributed by atoms with Gasteiger partial charge in [0.05, 0.1) is 23.8 Å². The number of benzene rings is 3. The van der Waals surface area contributed by atoms with E-state index in [4.69, 9.17) is 9.72 Å². The molecular weight excluding hydrogens is 352 g/mol. The fourth-order valence-corrected chi connectivity index (χ4v) is 3.37. The minimum atomic E-state index is -0.580. The van der Waals surface area contributed by atoms with Crippen LogP contribution in [0.25, 0.3) is 21.8 Å². The van der Waals surface area contributed by atoms with Crippen molar-refractivity contribution in [2.75, 3.05) is 12.4 Å². The van der Waals surface area contributed by atoms with Crippen LogP contribution in [0.3, 0.4) is 0 Å². The van der Waals surface area contributed by atoms with E-state index in [1.165, 1.54) is 7.11 Å². The second kappa shape index (κ2) is 7.56. The molecule has 4 rings (SSSR count). The molecule has 0 saturated heterocycles. The number of hydrogen-bond donors (Lipinski definition) is 2. The Morgan fingerprint density at radius 2 is 1.54 bits per heavy atom. The first-order chi connectivity index (χ1) is 13.7. The van der Waals surface area contributed by atoms with Gasteiger partial charge in [-0.3, -0.25) is 0 Å². The largest absolute Gasteiger partial charge is 0.508 e. The average molecular weight is 372 g/mol. The highest BCUT2D eigenvalue weighted by Gasteiger charge is 2.22. The van der Waals surface area contributed by atoms with Crippen LogP contribution in [0.5, 0.6) is 5.75 Å². The molecule has 0 aliphatic rings. The van der Waals surface area contributed by atoms with Crippen molar-refractivity contribution in [3.8, 4) is 5.75 Å². The van der Waals surface area contributed by atoms with E-state index >= 15 is 0 Å². The molecule has 0 spiro atoms. The van der Waals surface area contributed by atoms with Crippen molar-refractivity contribution < 1.29 is 14.6 Å². The SMILES string of the molecule is COC(=O)[C@@H](Cc1ccc(O)cc1)Nc1c2ccccc2nc2ccccc12. The van der Waals surface area contributed by atoms with Crippen molar-refractivity contribution in [3.63, 3.8) is 0 Å². The molecule has 28 heavy (non-hydrogen) atoms. The van der Waals surface area contributed by atoms with Gasteiger partial charge in [0.25, 0.3) is 0 Å². The minimum absolute atomic E-state index is 0.192. The molecule has 5 nitrogen and oxygen atoms in total. The lowest BCUT2D eigenvalue weighted by Gasteiger charge is -2.20. The zero-order valence-corrected chi connectivity index (χ0v) is 15.4. The van der Waals surface area contributed by atoms with E-state index in [0.29, 0.717) is 6.42 Å². The van der Waals surface area contributed by atoms with Gasteiger partial charge in [0.15, 0.2) is 0 Å². The van der Waals surface area contributed by atoms with E-state index < -0.39 is 6.04 Å². The van der Waals surface area contributed by atoms with Crippen molar-refractivity contribution in [2.24, 2.45) is 0 Å². The second-order valence-electron chi connectivity index (χ2n) is 6.61. The Kier molecular flexibility index (Phi) is 4.81. The monoisotopic (exact) mass is 372 g/mol. The number of carbonyl (C=O) groups excluding carboxylic acids is 1. The second-order valence-corrected chi connectivity index (χ2v) is 6.61. The number of carbonyl (C=O) groups is 1. The van der Waals surface area contributed by atoms with Gasteiger partial charge in [0.1, 0.15) is 11.8 Å². The topological polar surface area (TPSA) is 71.5 Å². The third-order valence-electron chi connectivity index (χ3n) is 4.77. The Bertz CT molecular complexity index is 1090. The Morgan fingerprint density at radius 1 is 0.964 bits per heavy atom. The summed E-state index contributed by atoms with van der Waals surface area (Å²) in [6, 6.07) is 22.0. The van der Waals surface area contributed by atoms with E-state index in [9.17, 15) is 9.90 Å². The number of ether oxygens (including phenoxy) is 1. The van der Waals surface area contributed by atoms with Crippen LogP contribution in [0, 0.1) is 0 Å². The summed E-state index contributed by atoms with van der Waals surface area (Å²) in [4.78, 5) is 17.2. The highest BCUT2D eigenvalue weighted by Crippen LogP contribution is 2.31. The van der Waals surface area contributed by atoms with Crippen molar-refractivity contribution in [2.45, 2.75) is 12.5 Å². The van der Waals surface area contributed by atoms with E-state index in [0.717, 1.165) is 33.1 Å². The Morgan fingerprint density at radius 3 is 2.11 bits per heavy atom. The maximum atomic E-state index is 12.5. The molecule has 140 valence electrons. The Balaban J connectivity index is 1.79. The molecule has 1 heterocycles. The first-order valence-corrected chi connectivity index (χ1v) is 9.05. The summed E-state index contributed by atoms with van der Waals surface area (Å²) in [6.45, 7) is 0. The van der Waals surface area contributed by atoms with Gasteiger partial charge >= 0.3 is 5.97 Å². The number of nitrogens with zero attached hydrogens (tertiary/aromatic N) is 1. The zero-order chi connectivity index (χ0) is 19.5. The molecule has 3 aromatic carbocycles. The number of hydrogen-bond acceptors (Lipinski definition) is 5. The number of pyridine rings is 1. The van der Waals surface area contributed by atoms with Crippen LogP contribution in [0.4, 0.5) is 5.69 Å². The molecular formula is C23H20N2O3. The van der Waals surface area contributed by atoms with Crippen molar-refractivity contribution in [3.05, 3.63) is 78.4 Å². The smallest absolute Gasteiger partial charge is 0.328 e. The molecule has 4 aromatic rings. The molecule has 1 aromatic heterocycles. The van der Waals surface area contributed by atoms with Crippen LogP contribution in [0.15, 0.2) is 72.8 Å². The number of aromatic nitrogens is 1. The lowest BCUT2D eigenvalue weighted by atomic mass is 10.0. The number of nitrogens with one attached hydrogen (secondary N) is 1. The highest BCUT2D eigenvalue weighted by molar-refractivity contribution is 6.08. The molecule has 1 atom stereocenters. The quantitative estimate of drug-likeness (QED) is 0.404. The minimum Gasteiger partial charge on any atom is -0.508 e. The zero-order valence-electron chi connectivity index (χ0n) is 15.4. The molecule has 2 N–H and O–H groups in total. The van der Waals surface area contributed by atoms with Crippen LogP contribution < -0.4 is 5.32 Å². The predicted molar refractivity (Wildman–Crippen MR) is 110 cm³/mol. The number of rotatable bonds is 5. The summed E-state index contributed by atoms with van der Waals surface area (Å²) in [6.07, 6.45) is 0.429. The number of fused-ring (bicyclic) bond motifs is 2. The highest BCUT2D eigenvalue weighted by atomic mass is 16.5. The summed E-state index contributed by atoms with van der Waals surface area (Å²) in [5, 5.41) is 14.8. The first kappa shape index (κ1) is 17.8. The fraction of sp³-hybridized carbons (Fsp3) is 0.130. The first-order valence-electron chi connectivity index (χ1n) is 9.05. The standard InChI is InChI=1S/C23H20N2O3/c1-28-23(27)21(14-15-10-12-16(26)13-11-15)25-22-17-6-2-4-8-19(17)24-20-9-5-3-7-18(20)22/h2-13,21,26H,14H2,1H3,(H,24,25)/t21-/m1/s1. The fourth-order valence-electron chi connectivity index (χ4n) is 3.37. The lowest BCUT2D eigenvalue weighted by Crippen LogP contribution is -2.33. The van der Waals surface area contributed by atoms with Crippen LogP contribution in [-0.4, -0.2) is 29.2 Å². The van der Waals surface area contributed by atoms with Crippen molar-refractivity contribution >= 4 is 33.5 Å². The van der Waals surface area contributed by atoms with E-state index in [1.807, 2.05) is 48.5 Å². The number of anilines is 1. The van der Waals surface area contributed by atoms with Gasteiger partial charge in [0, 0.05) is 17.2 Å². The van der Waals surface area contributed by atoms with Gasteiger partial charge in [-0.15, -0.1) is 0 Å². The number of esters is 1. The molecule has 0 fully saturated rings. The van der Waals surface area contributed by atoms with Crippen LogP contribution in [-0.2, 0) is 16.0 Å². The third kappa shape index (κ3) is 3.47. The van der Waals surface area contributed by atoms with Crippen LogP contribution >= 0.6 is 0 Å². The number of methoxy groups -OCH3 is 1. The number of phenols is 1. The third-order valence-corrected chi connectivity index (χ3v) is 4.77. The summed E-state index contributed by atoms with van der Waals surface area (Å²) in [5.74, 6) is -0.157. The van der Waals surface area contributed by atoms with Gasteiger partial charge in [-0.05, 0) is 29.8 Å². The lowest BCUT2D eigenvalue weighted by molar-refractivity contribution is -0.141. The predicted octanol–water partition coefficient (Wildman–Crippen LogP) is 4.29. The van der Waals surface area contributed by atoms with E-state index in [1.54, 1.807) is 24.3 Å². The summed E-state index contributed by atoms with van der Waals surface area (Å²) < 4.78 is 5.04. The number of para-hydroxylation sites is 2. The van der Waals surface area contributed by atoms with Gasteiger partial charge in [-0.2, -0.15) is 0 Å². The summed E-state index contributed by atoms with van der Waals surface area (Å²) in [7, 11) is 1.39. The van der Waals surface area contributed by atoms with Gasteiger partial charge in [0.2, 0.25) is 0 Å². The van der Waals surface area contributed by atoms with Gasteiger partial charge < -0.3 is 15.2 Å². The number of aromatic hydroxyl groups is 1. The Labute approximate surface area is 162 Å². The summed E-state index contributed by atoms with van der Waals surface area (Å²) >= 11 is 0. The summed E-state index contributed by atoms with van der Waals surface area (Å²) in [5.41, 5.74) is 3.49. The molecule has 0 radical (unpaired) electrons. The molecule has 0 unspecified atom stereocenters. The van der Waals surface area contributed by atoms with Gasteiger partial charge in [-0.25, -0.2) is 9.78 Å². The van der Waals surface area contributed by atoms with Gasteiger partial charge in [-0.1, -0.05) is 48.5 Å². The van der Waals surface area contributed by atoms with Crippen molar-refractivity contribution in [1.29, 1.82) is 0 Å². The normalized spacial score (nSPS) is 12.0. The van der Waals surface area contributed by atoms with Crippen molar-refractivity contribution in [1.82, 2.24) is 4.98 Å². The van der Waals surface area contributed by atoms with Crippen LogP contribution in [0.2, 0.25) is 0 Å². The molecule has 0 aliphatic heterocycles. The molecule has 5 heteroatoms.